The number of hydrogen-bond donors (Lipinski definition) is 0. The number of ketones is 1. The molecule has 2 fully saturated rings. The standard InChI is InChI=1S/C12H14O4/c1-6-5-7(13)10-9(11(14)15-2)8-3-4-12(6,10)16-8/h3-4,6,8-10H,5H2,1-2H3/t6?,8-,9+,10-,12-/m0/s1. The summed E-state index contributed by atoms with van der Waals surface area (Å²) in [5.74, 6) is -0.809. The summed E-state index contributed by atoms with van der Waals surface area (Å²) >= 11 is 0. The Balaban J connectivity index is 2.05. The largest absolute Gasteiger partial charge is 0.469 e. The Morgan fingerprint density at radius 3 is 3.06 bits per heavy atom. The lowest BCUT2D eigenvalue weighted by molar-refractivity contribution is -0.149. The monoisotopic (exact) mass is 222 g/mol. The maximum atomic E-state index is 12.0. The van der Waals surface area contributed by atoms with Gasteiger partial charge in [0.15, 0.2) is 0 Å². The van der Waals surface area contributed by atoms with Crippen LogP contribution in [0.15, 0.2) is 12.2 Å². The van der Waals surface area contributed by atoms with Gasteiger partial charge < -0.3 is 9.47 Å². The SMILES string of the molecule is COC(=O)[C@@H]1[C@@H]2C=C[C@]3(O2)C(C)CC(=O)[C@@H]13. The second-order valence-electron chi connectivity index (χ2n) is 4.89. The number of Topliss-reactive ketones (excluding diaryl/α,β-unsaturated/α-hetero) is 1. The highest BCUT2D eigenvalue weighted by Crippen LogP contribution is 2.56. The van der Waals surface area contributed by atoms with Crippen LogP contribution < -0.4 is 0 Å². The average Bonchev–Trinajstić information content (AvgIpc) is 2.89. The highest BCUT2D eigenvalue weighted by atomic mass is 16.5. The van der Waals surface area contributed by atoms with Crippen molar-refractivity contribution in [3.8, 4) is 0 Å². The Morgan fingerprint density at radius 1 is 1.62 bits per heavy atom. The molecule has 2 heterocycles. The lowest BCUT2D eigenvalue weighted by atomic mass is 9.75. The molecule has 86 valence electrons. The number of rotatable bonds is 1. The first kappa shape index (κ1) is 10.0. The maximum Gasteiger partial charge on any atom is 0.312 e. The molecule has 0 radical (unpaired) electrons. The van der Waals surface area contributed by atoms with E-state index in [0.29, 0.717) is 6.42 Å². The number of carbonyl (C=O) groups excluding carboxylic acids is 2. The third kappa shape index (κ3) is 0.937. The van der Waals surface area contributed by atoms with E-state index in [0.717, 1.165) is 0 Å². The molecule has 2 bridgehead atoms. The third-order valence-corrected chi connectivity index (χ3v) is 4.18. The minimum atomic E-state index is -0.527. The summed E-state index contributed by atoms with van der Waals surface area (Å²) in [5, 5.41) is 0. The van der Waals surface area contributed by atoms with Crippen LogP contribution in [0.2, 0.25) is 0 Å². The fourth-order valence-electron chi connectivity index (χ4n) is 3.43. The number of esters is 1. The van der Waals surface area contributed by atoms with Crippen molar-refractivity contribution in [1.82, 2.24) is 0 Å². The van der Waals surface area contributed by atoms with Gasteiger partial charge in [-0.2, -0.15) is 0 Å². The van der Waals surface area contributed by atoms with Crippen molar-refractivity contribution in [1.29, 1.82) is 0 Å². The van der Waals surface area contributed by atoms with E-state index in [4.69, 9.17) is 9.47 Å². The summed E-state index contributed by atoms with van der Waals surface area (Å²) in [6, 6.07) is 0. The van der Waals surface area contributed by atoms with Crippen LogP contribution in [0.1, 0.15) is 13.3 Å². The van der Waals surface area contributed by atoms with E-state index in [2.05, 4.69) is 0 Å². The highest BCUT2D eigenvalue weighted by Gasteiger charge is 2.67. The van der Waals surface area contributed by atoms with Crippen LogP contribution in [0.25, 0.3) is 0 Å². The molecule has 0 aromatic carbocycles. The lowest BCUT2D eigenvalue weighted by Crippen LogP contribution is -2.40. The van der Waals surface area contributed by atoms with Gasteiger partial charge in [0.05, 0.1) is 25.0 Å². The zero-order valence-electron chi connectivity index (χ0n) is 9.30. The summed E-state index contributed by atoms with van der Waals surface area (Å²) in [6.07, 6.45) is 4.09. The van der Waals surface area contributed by atoms with Gasteiger partial charge in [-0.15, -0.1) is 0 Å². The molecule has 3 rings (SSSR count). The van der Waals surface area contributed by atoms with Gasteiger partial charge in [-0.05, 0) is 5.92 Å². The molecule has 5 atom stereocenters. The van der Waals surface area contributed by atoms with Crippen molar-refractivity contribution in [2.75, 3.05) is 7.11 Å². The Hall–Kier alpha value is -1.16. The molecule has 0 amide bonds. The number of ether oxygens (including phenoxy) is 2. The lowest BCUT2D eigenvalue weighted by Gasteiger charge is -2.27. The Labute approximate surface area is 93.6 Å². The van der Waals surface area contributed by atoms with Gasteiger partial charge in [-0.1, -0.05) is 19.1 Å². The van der Waals surface area contributed by atoms with Crippen LogP contribution in [-0.4, -0.2) is 30.6 Å². The topological polar surface area (TPSA) is 52.6 Å². The fraction of sp³-hybridized carbons (Fsp3) is 0.667. The zero-order chi connectivity index (χ0) is 11.5. The highest BCUT2D eigenvalue weighted by molar-refractivity contribution is 5.92. The van der Waals surface area contributed by atoms with Gasteiger partial charge >= 0.3 is 5.97 Å². The summed E-state index contributed by atoms with van der Waals surface area (Å²) in [7, 11) is 1.35. The maximum absolute atomic E-state index is 12.0. The van der Waals surface area contributed by atoms with E-state index in [9.17, 15) is 9.59 Å². The van der Waals surface area contributed by atoms with Crippen LogP contribution in [0.3, 0.4) is 0 Å². The van der Waals surface area contributed by atoms with Crippen LogP contribution in [-0.2, 0) is 19.1 Å². The van der Waals surface area contributed by atoms with Crippen molar-refractivity contribution in [3.05, 3.63) is 12.2 Å². The number of carbonyl (C=O) groups is 2. The van der Waals surface area contributed by atoms with E-state index < -0.39 is 11.5 Å². The predicted molar refractivity (Wildman–Crippen MR) is 54.5 cm³/mol. The van der Waals surface area contributed by atoms with Crippen LogP contribution in [0.5, 0.6) is 0 Å². The van der Waals surface area contributed by atoms with Crippen LogP contribution in [0.4, 0.5) is 0 Å². The fourth-order valence-corrected chi connectivity index (χ4v) is 3.43. The molecule has 1 unspecified atom stereocenters. The molecule has 2 aliphatic heterocycles. The number of methoxy groups -OCH3 is 1. The summed E-state index contributed by atoms with van der Waals surface area (Å²) in [5.41, 5.74) is -0.527. The van der Waals surface area contributed by atoms with Crippen molar-refractivity contribution in [3.63, 3.8) is 0 Å². The number of hydrogen-bond acceptors (Lipinski definition) is 4. The molecule has 1 saturated carbocycles. The van der Waals surface area contributed by atoms with E-state index in [1.807, 2.05) is 19.1 Å². The van der Waals surface area contributed by atoms with E-state index in [1.165, 1.54) is 7.11 Å². The van der Waals surface area contributed by atoms with Crippen molar-refractivity contribution < 1.29 is 19.1 Å². The van der Waals surface area contributed by atoms with E-state index >= 15 is 0 Å². The van der Waals surface area contributed by atoms with Crippen molar-refractivity contribution in [2.24, 2.45) is 17.8 Å². The predicted octanol–water partition coefficient (Wildman–Crippen LogP) is 0.708. The normalized spacial score (nSPS) is 48.5. The molecule has 0 aromatic rings. The van der Waals surface area contributed by atoms with Gasteiger partial charge in [-0.25, -0.2) is 0 Å². The van der Waals surface area contributed by atoms with Gasteiger partial charge in [0.2, 0.25) is 0 Å². The first-order valence-electron chi connectivity index (χ1n) is 5.58. The van der Waals surface area contributed by atoms with E-state index in [1.54, 1.807) is 0 Å². The molecule has 1 aliphatic carbocycles. The van der Waals surface area contributed by atoms with Gasteiger partial charge in [0.25, 0.3) is 0 Å². The molecule has 16 heavy (non-hydrogen) atoms. The molecule has 1 spiro atoms. The molecular weight excluding hydrogens is 208 g/mol. The molecule has 1 saturated heterocycles. The molecule has 0 aromatic heterocycles. The Kier molecular flexibility index (Phi) is 1.84. The summed E-state index contributed by atoms with van der Waals surface area (Å²) < 4.78 is 10.6. The molecule has 4 heteroatoms. The zero-order valence-corrected chi connectivity index (χ0v) is 9.30. The Morgan fingerprint density at radius 2 is 2.38 bits per heavy atom. The first-order valence-corrected chi connectivity index (χ1v) is 5.58. The quantitative estimate of drug-likeness (QED) is 0.484. The van der Waals surface area contributed by atoms with Crippen LogP contribution in [0, 0.1) is 17.8 Å². The van der Waals surface area contributed by atoms with Gasteiger partial charge in [0.1, 0.15) is 11.4 Å². The minimum Gasteiger partial charge on any atom is -0.469 e. The molecular formula is C12H14O4. The third-order valence-electron chi connectivity index (χ3n) is 4.18. The second-order valence-corrected chi connectivity index (χ2v) is 4.89. The average molecular weight is 222 g/mol. The van der Waals surface area contributed by atoms with Gasteiger partial charge in [0, 0.05) is 6.42 Å². The number of fused-ring (bicyclic) bond motifs is 1. The van der Waals surface area contributed by atoms with E-state index in [-0.39, 0.29) is 29.7 Å². The van der Waals surface area contributed by atoms with Crippen molar-refractivity contribution >= 4 is 11.8 Å². The molecule has 4 nitrogen and oxygen atoms in total. The summed E-state index contributed by atoms with van der Waals surface area (Å²) in [6.45, 7) is 2.00. The molecule has 3 aliphatic rings. The smallest absolute Gasteiger partial charge is 0.312 e. The first-order chi connectivity index (χ1) is 7.60. The van der Waals surface area contributed by atoms with Gasteiger partial charge in [-0.3, -0.25) is 9.59 Å². The van der Waals surface area contributed by atoms with Crippen LogP contribution >= 0.6 is 0 Å². The minimum absolute atomic E-state index is 0.134. The Bertz CT molecular complexity index is 400. The van der Waals surface area contributed by atoms with Crippen molar-refractivity contribution in [2.45, 2.75) is 25.0 Å². The second kappa shape index (κ2) is 2.94. The summed E-state index contributed by atoms with van der Waals surface area (Å²) in [4.78, 5) is 23.7. The molecule has 0 N–H and O–H groups in total.